The number of allylic oxidation sites excluding steroid dienone is 4. The van der Waals surface area contributed by atoms with Gasteiger partial charge in [-0.2, -0.15) is 0 Å². The van der Waals surface area contributed by atoms with Gasteiger partial charge in [-0.25, -0.2) is 0 Å². The van der Waals surface area contributed by atoms with Crippen LogP contribution in [-0.4, -0.2) is 0 Å². The summed E-state index contributed by atoms with van der Waals surface area (Å²) in [4.78, 5) is 0. The molecule has 2 aliphatic rings. The molecule has 2 rings (SSSR count). The molecule has 0 heterocycles. The van der Waals surface area contributed by atoms with Gasteiger partial charge in [-0.3, -0.25) is 0 Å². The molecule has 0 aromatic heterocycles. The Balaban J connectivity index is 0.00000180. The molecule has 20 heavy (non-hydrogen) atoms. The molecule has 1 fully saturated rings. The van der Waals surface area contributed by atoms with Crippen LogP contribution in [0.15, 0.2) is 21.0 Å². The summed E-state index contributed by atoms with van der Waals surface area (Å²) in [6.07, 6.45) is 10.2. The molecule has 2 atom stereocenters. The molecule has 0 radical (unpaired) electrons. The molecule has 115 valence electrons. The van der Waals surface area contributed by atoms with Crippen LogP contribution in [0.3, 0.4) is 0 Å². The molecule has 0 N–H and O–H groups in total. The van der Waals surface area contributed by atoms with Crippen LogP contribution in [0.4, 0.5) is 0 Å². The van der Waals surface area contributed by atoms with Crippen LogP contribution in [0.25, 0.3) is 0 Å². The van der Waals surface area contributed by atoms with E-state index in [0.717, 1.165) is 11.8 Å². The molecule has 0 aromatic carbocycles. The Kier molecular flexibility index (Phi) is 7.83. The fraction of sp³-hybridized carbons (Fsp3) is 0.765. The Hall–Kier alpha value is 0.943. The second-order valence-corrected chi connectivity index (χ2v) is 8.96. The van der Waals surface area contributed by atoms with Crippen molar-refractivity contribution < 1.29 is 24.7 Å². The maximum Gasteiger partial charge on any atom is -0.147 e. The van der Waals surface area contributed by atoms with Gasteiger partial charge in [0.15, 0.2) is 0 Å². The van der Waals surface area contributed by atoms with Crippen molar-refractivity contribution in [2.24, 2.45) is 22.7 Å². The van der Waals surface area contributed by atoms with Gasteiger partial charge in [0.05, 0.1) is 0 Å². The largest absolute Gasteiger partial charge is 0.147 e. The summed E-state index contributed by atoms with van der Waals surface area (Å²) in [6, 6.07) is 0. The zero-order valence-electron chi connectivity index (χ0n) is 13.5. The van der Waals surface area contributed by atoms with E-state index in [9.17, 15) is 0 Å². The first-order chi connectivity index (χ1) is 8.27. The van der Waals surface area contributed by atoms with Gasteiger partial charge in [-0.15, -0.1) is 24.8 Å². The monoisotopic (exact) mass is 393 g/mol. The molecule has 0 aliphatic heterocycles. The Bertz CT molecular complexity index is 396. The Morgan fingerprint density at radius 3 is 2.35 bits per heavy atom. The molecule has 1 saturated carbocycles. The zero-order valence-corrected chi connectivity index (χ0v) is 17.5. The summed E-state index contributed by atoms with van der Waals surface area (Å²) in [5.41, 5.74) is 2.66. The summed E-state index contributed by atoms with van der Waals surface area (Å²) in [7, 11) is 0. The van der Waals surface area contributed by atoms with Crippen molar-refractivity contribution >= 4 is 24.8 Å². The topological polar surface area (TPSA) is 0 Å². The van der Waals surface area contributed by atoms with Crippen molar-refractivity contribution in [3.05, 3.63) is 21.0 Å². The Labute approximate surface area is 152 Å². The van der Waals surface area contributed by atoms with Crippen LogP contribution in [0, 0.1) is 22.7 Å². The molecule has 0 aromatic rings. The second-order valence-electron chi connectivity index (χ2n) is 7.48. The third-order valence-electron chi connectivity index (χ3n) is 5.86. The van der Waals surface area contributed by atoms with Crippen LogP contribution in [0.5, 0.6) is 0 Å². The van der Waals surface area contributed by atoms with Crippen molar-refractivity contribution in [1.29, 1.82) is 0 Å². The van der Waals surface area contributed by atoms with Gasteiger partial charge >= 0.3 is 129 Å². The minimum Gasteiger partial charge on any atom is -0.147 e. The van der Waals surface area contributed by atoms with Crippen LogP contribution in [0.1, 0.15) is 60.3 Å². The van der Waals surface area contributed by atoms with Crippen LogP contribution < -0.4 is 0 Å². The minimum absolute atomic E-state index is 0. The van der Waals surface area contributed by atoms with Gasteiger partial charge in [0.2, 0.25) is 0 Å². The maximum atomic E-state index is 2.51. The van der Waals surface area contributed by atoms with Gasteiger partial charge in [0.25, 0.3) is 0 Å². The van der Waals surface area contributed by atoms with Gasteiger partial charge in [-0.1, -0.05) is 0 Å². The van der Waals surface area contributed by atoms with Gasteiger partial charge < -0.3 is 0 Å². The first-order valence-electron chi connectivity index (χ1n) is 7.39. The van der Waals surface area contributed by atoms with Crippen molar-refractivity contribution in [3.8, 4) is 0 Å². The minimum atomic E-state index is 0. The molecule has 3 heteroatoms. The van der Waals surface area contributed by atoms with Crippen LogP contribution in [-0.2, 0) is 24.7 Å². The van der Waals surface area contributed by atoms with E-state index in [0.29, 0.717) is 10.8 Å². The normalized spacial score (nSPS) is 29.6. The fourth-order valence-corrected chi connectivity index (χ4v) is 4.90. The second kappa shape index (κ2) is 7.47. The summed E-state index contributed by atoms with van der Waals surface area (Å²) in [6.45, 7) is 12.2. The standard InChI is InChI=1S/C17H27.2ClH.Zr/c1-13(2)16(3,4)15-10-11-17(5,12-15)14-8-6-7-9-14;;;/h6,8,13,15H,7,10-12H2,1-5H3;2*1H;. The van der Waals surface area contributed by atoms with E-state index >= 15 is 0 Å². The van der Waals surface area contributed by atoms with Gasteiger partial charge in [-0.05, 0) is 0 Å². The fourth-order valence-electron chi connectivity index (χ4n) is 3.66. The summed E-state index contributed by atoms with van der Waals surface area (Å²) in [5, 5.41) is 0. The first-order valence-corrected chi connectivity index (χ1v) is 8.62. The summed E-state index contributed by atoms with van der Waals surface area (Å²) in [5.74, 6) is 1.68. The van der Waals surface area contributed by atoms with Crippen LogP contribution >= 0.6 is 24.8 Å². The van der Waals surface area contributed by atoms with Crippen molar-refractivity contribution in [2.75, 3.05) is 0 Å². The smallest absolute Gasteiger partial charge is 0.147 e. The Morgan fingerprint density at radius 2 is 1.90 bits per heavy atom. The SMILES string of the molecule is CC(C)C(C)(C)C1CCC(C)(C2=[C]([Zr])CC=C2)C1.Cl.Cl. The third kappa shape index (κ3) is 3.82. The molecule has 0 saturated heterocycles. The molecular weight excluding hydrogens is 366 g/mol. The first kappa shape index (κ1) is 20.9. The maximum absolute atomic E-state index is 2.51. The van der Waals surface area contributed by atoms with Gasteiger partial charge in [0.1, 0.15) is 0 Å². The quantitative estimate of drug-likeness (QED) is 0.543. The summed E-state index contributed by atoms with van der Waals surface area (Å²) < 4.78 is 1.70. The molecule has 0 spiro atoms. The molecule has 2 aliphatic carbocycles. The predicted molar refractivity (Wildman–Crippen MR) is 89.3 cm³/mol. The average molecular weight is 396 g/mol. The molecule has 0 amide bonds. The zero-order chi connectivity index (χ0) is 13.6. The number of halogens is 2. The van der Waals surface area contributed by atoms with Crippen molar-refractivity contribution in [2.45, 2.75) is 60.3 Å². The van der Waals surface area contributed by atoms with Crippen LogP contribution in [0.2, 0.25) is 0 Å². The molecule has 2 unspecified atom stereocenters. The van der Waals surface area contributed by atoms with Crippen molar-refractivity contribution in [1.82, 2.24) is 0 Å². The number of rotatable bonds is 3. The van der Waals surface area contributed by atoms with E-state index in [1.165, 1.54) is 25.7 Å². The number of hydrogen-bond donors (Lipinski definition) is 0. The molecule has 0 nitrogen and oxygen atoms in total. The summed E-state index contributed by atoms with van der Waals surface area (Å²) >= 11 is 1.63. The van der Waals surface area contributed by atoms with Crippen molar-refractivity contribution in [3.63, 3.8) is 0 Å². The molecule has 0 bridgehead atoms. The number of hydrogen-bond acceptors (Lipinski definition) is 0. The van der Waals surface area contributed by atoms with E-state index in [1.807, 2.05) is 0 Å². The van der Waals surface area contributed by atoms with E-state index in [2.05, 4.69) is 46.8 Å². The van der Waals surface area contributed by atoms with Gasteiger partial charge in [0, 0.05) is 0 Å². The average Bonchev–Trinajstić information content (AvgIpc) is 2.85. The Morgan fingerprint density at radius 1 is 1.30 bits per heavy atom. The van der Waals surface area contributed by atoms with E-state index in [4.69, 9.17) is 0 Å². The predicted octanol–water partition coefficient (Wildman–Crippen LogP) is 6.08. The van der Waals surface area contributed by atoms with E-state index in [-0.39, 0.29) is 24.8 Å². The molecular formula is C17H29Cl2Zr. The third-order valence-corrected chi connectivity index (χ3v) is 7.03. The van der Waals surface area contributed by atoms with E-state index in [1.54, 1.807) is 33.6 Å². The van der Waals surface area contributed by atoms with E-state index < -0.39 is 0 Å².